The molecule has 3 nitrogen and oxygen atoms in total. The van der Waals surface area contributed by atoms with Crippen molar-refractivity contribution in [3.8, 4) is 0 Å². The number of amides is 1. The Morgan fingerprint density at radius 3 is 2.45 bits per heavy atom. The van der Waals surface area contributed by atoms with Gasteiger partial charge in [-0.1, -0.05) is 20.8 Å². The van der Waals surface area contributed by atoms with Crippen molar-refractivity contribution in [1.29, 1.82) is 0 Å². The van der Waals surface area contributed by atoms with Crippen LogP contribution < -0.4 is 5.32 Å². The lowest BCUT2D eigenvalue weighted by Crippen LogP contribution is -2.36. The molecule has 116 valence electrons. The topological polar surface area (TPSA) is 32.3 Å². The Balaban J connectivity index is 1.81. The number of carbonyl (C=O) groups excluding carboxylic acids is 1. The van der Waals surface area contributed by atoms with Crippen LogP contribution in [0, 0.1) is 17.3 Å². The van der Waals surface area contributed by atoms with Gasteiger partial charge in [0.25, 0.3) is 0 Å². The second kappa shape index (κ2) is 6.93. The predicted molar refractivity (Wildman–Crippen MR) is 83.6 cm³/mol. The van der Waals surface area contributed by atoms with Crippen LogP contribution in [0.15, 0.2) is 0 Å². The maximum Gasteiger partial charge on any atom is 0.222 e. The van der Waals surface area contributed by atoms with Crippen LogP contribution in [0.2, 0.25) is 0 Å². The van der Waals surface area contributed by atoms with E-state index in [1.54, 1.807) is 0 Å². The lowest BCUT2D eigenvalue weighted by atomic mass is 9.77. The third-order valence-corrected chi connectivity index (χ3v) is 5.23. The minimum Gasteiger partial charge on any atom is -0.343 e. The molecule has 0 spiro atoms. The monoisotopic (exact) mass is 280 g/mol. The molecule has 0 aromatic rings. The quantitative estimate of drug-likeness (QED) is 0.843. The van der Waals surface area contributed by atoms with Gasteiger partial charge in [0.05, 0.1) is 0 Å². The van der Waals surface area contributed by atoms with Gasteiger partial charge in [0.15, 0.2) is 0 Å². The first-order chi connectivity index (χ1) is 9.47. The summed E-state index contributed by atoms with van der Waals surface area (Å²) >= 11 is 0. The highest BCUT2D eigenvalue weighted by molar-refractivity contribution is 5.76. The summed E-state index contributed by atoms with van der Waals surface area (Å²) in [7, 11) is 0. The average molecular weight is 280 g/mol. The van der Waals surface area contributed by atoms with E-state index in [-0.39, 0.29) is 0 Å². The van der Waals surface area contributed by atoms with Crippen molar-refractivity contribution < 1.29 is 4.79 Å². The third kappa shape index (κ3) is 4.47. The van der Waals surface area contributed by atoms with Gasteiger partial charge >= 0.3 is 0 Å². The van der Waals surface area contributed by atoms with Crippen LogP contribution in [0.5, 0.6) is 0 Å². The van der Waals surface area contributed by atoms with Crippen molar-refractivity contribution in [3.63, 3.8) is 0 Å². The zero-order chi connectivity index (χ0) is 14.6. The lowest BCUT2D eigenvalue weighted by Gasteiger charge is -2.30. The van der Waals surface area contributed by atoms with E-state index in [9.17, 15) is 4.79 Å². The molecule has 2 rings (SSSR count). The van der Waals surface area contributed by atoms with E-state index in [4.69, 9.17) is 0 Å². The first kappa shape index (κ1) is 15.8. The van der Waals surface area contributed by atoms with E-state index < -0.39 is 0 Å². The van der Waals surface area contributed by atoms with Crippen LogP contribution >= 0.6 is 0 Å². The van der Waals surface area contributed by atoms with Crippen molar-refractivity contribution in [1.82, 2.24) is 10.2 Å². The molecule has 0 aromatic heterocycles. The van der Waals surface area contributed by atoms with Gasteiger partial charge in [-0.2, -0.15) is 0 Å². The van der Waals surface area contributed by atoms with E-state index in [1.165, 1.54) is 32.1 Å². The Labute approximate surface area is 124 Å². The summed E-state index contributed by atoms with van der Waals surface area (Å²) in [5.74, 6) is 1.79. The SMILES string of the molecule is CC(C)(C)C1CCCN(C(=O)CC2CCNCC2)CC1. The summed E-state index contributed by atoms with van der Waals surface area (Å²) in [5.41, 5.74) is 0.383. The van der Waals surface area contributed by atoms with Crippen LogP contribution in [-0.2, 0) is 4.79 Å². The Bertz CT molecular complexity index is 315. The van der Waals surface area contributed by atoms with Gasteiger partial charge in [0, 0.05) is 19.5 Å². The molecule has 1 unspecified atom stereocenters. The molecular weight excluding hydrogens is 248 g/mol. The molecule has 0 bridgehead atoms. The highest BCUT2D eigenvalue weighted by Gasteiger charge is 2.29. The highest BCUT2D eigenvalue weighted by Crippen LogP contribution is 2.34. The smallest absolute Gasteiger partial charge is 0.222 e. The maximum atomic E-state index is 12.5. The van der Waals surface area contributed by atoms with Crippen molar-refractivity contribution >= 4 is 5.91 Å². The molecule has 2 aliphatic heterocycles. The van der Waals surface area contributed by atoms with Gasteiger partial charge in [-0.3, -0.25) is 4.79 Å². The molecule has 1 N–H and O–H groups in total. The second-order valence-electron chi connectivity index (χ2n) is 7.77. The minimum atomic E-state index is 0.383. The highest BCUT2D eigenvalue weighted by atomic mass is 16.2. The average Bonchev–Trinajstić information content (AvgIpc) is 2.65. The van der Waals surface area contributed by atoms with Crippen molar-refractivity contribution in [2.45, 2.75) is 59.3 Å². The number of likely N-dealkylation sites (tertiary alicyclic amines) is 1. The number of hydrogen-bond donors (Lipinski definition) is 1. The molecule has 1 atom stereocenters. The van der Waals surface area contributed by atoms with Gasteiger partial charge in [-0.25, -0.2) is 0 Å². The fourth-order valence-corrected chi connectivity index (χ4v) is 3.67. The van der Waals surface area contributed by atoms with E-state index >= 15 is 0 Å². The number of nitrogens with one attached hydrogen (secondary N) is 1. The zero-order valence-electron chi connectivity index (χ0n) is 13.6. The number of carbonyl (C=O) groups is 1. The molecule has 2 saturated heterocycles. The zero-order valence-corrected chi connectivity index (χ0v) is 13.6. The summed E-state index contributed by atoms with van der Waals surface area (Å²) < 4.78 is 0. The fourth-order valence-electron chi connectivity index (χ4n) is 3.67. The minimum absolute atomic E-state index is 0.383. The summed E-state index contributed by atoms with van der Waals surface area (Å²) in [6, 6.07) is 0. The number of hydrogen-bond acceptors (Lipinski definition) is 2. The Morgan fingerprint density at radius 2 is 1.80 bits per heavy atom. The molecule has 0 aliphatic carbocycles. The van der Waals surface area contributed by atoms with Crippen LogP contribution in [-0.4, -0.2) is 37.0 Å². The van der Waals surface area contributed by atoms with Gasteiger partial charge in [-0.05, 0) is 62.4 Å². The molecule has 0 radical (unpaired) electrons. The van der Waals surface area contributed by atoms with E-state index in [0.29, 0.717) is 17.2 Å². The van der Waals surface area contributed by atoms with Crippen molar-refractivity contribution in [2.75, 3.05) is 26.2 Å². The number of rotatable bonds is 2. The number of nitrogens with zero attached hydrogens (tertiary/aromatic N) is 1. The Morgan fingerprint density at radius 1 is 1.10 bits per heavy atom. The second-order valence-corrected chi connectivity index (χ2v) is 7.77. The van der Waals surface area contributed by atoms with Gasteiger partial charge in [0.1, 0.15) is 0 Å². The van der Waals surface area contributed by atoms with Crippen LogP contribution in [0.25, 0.3) is 0 Å². The first-order valence-corrected chi connectivity index (χ1v) is 8.45. The molecule has 1 amide bonds. The molecule has 20 heavy (non-hydrogen) atoms. The first-order valence-electron chi connectivity index (χ1n) is 8.45. The molecular formula is C17H32N2O. The molecule has 0 aromatic carbocycles. The van der Waals surface area contributed by atoms with E-state index in [2.05, 4.69) is 31.0 Å². The normalized spacial score (nSPS) is 26.4. The predicted octanol–water partition coefficient (Wildman–Crippen LogP) is 3.05. The van der Waals surface area contributed by atoms with Crippen LogP contribution in [0.1, 0.15) is 59.3 Å². The van der Waals surface area contributed by atoms with Crippen LogP contribution in [0.4, 0.5) is 0 Å². The molecule has 0 saturated carbocycles. The summed E-state index contributed by atoms with van der Waals surface area (Å²) in [4.78, 5) is 14.6. The third-order valence-electron chi connectivity index (χ3n) is 5.23. The summed E-state index contributed by atoms with van der Waals surface area (Å²) in [6.07, 6.45) is 6.76. The molecule has 2 heterocycles. The van der Waals surface area contributed by atoms with E-state index in [1.807, 2.05) is 0 Å². The Kier molecular flexibility index (Phi) is 5.48. The van der Waals surface area contributed by atoms with Crippen molar-refractivity contribution in [3.05, 3.63) is 0 Å². The summed E-state index contributed by atoms with van der Waals surface area (Å²) in [6.45, 7) is 11.1. The lowest BCUT2D eigenvalue weighted by molar-refractivity contribution is -0.132. The molecule has 3 heteroatoms. The Hall–Kier alpha value is -0.570. The molecule has 2 aliphatic rings. The van der Waals surface area contributed by atoms with Gasteiger partial charge in [-0.15, -0.1) is 0 Å². The summed E-state index contributed by atoms with van der Waals surface area (Å²) in [5, 5.41) is 3.38. The van der Waals surface area contributed by atoms with Crippen molar-refractivity contribution in [2.24, 2.45) is 17.3 Å². The van der Waals surface area contributed by atoms with Gasteiger partial charge < -0.3 is 10.2 Å². The van der Waals surface area contributed by atoms with Gasteiger partial charge in [0.2, 0.25) is 5.91 Å². The fraction of sp³-hybridized carbons (Fsp3) is 0.941. The van der Waals surface area contributed by atoms with E-state index in [0.717, 1.165) is 38.5 Å². The standard InChI is InChI=1S/C17H32N2O/c1-17(2,3)15-5-4-11-19(12-8-15)16(20)13-14-6-9-18-10-7-14/h14-15,18H,4-13H2,1-3H3. The molecule has 2 fully saturated rings. The number of piperidine rings is 1. The largest absolute Gasteiger partial charge is 0.343 e. The van der Waals surface area contributed by atoms with Crippen LogP contribution in [0.3, 0.4) is 0 Å². The maximum absolute atomic E-state index is 12.5.